The van der Waals surface area contributed by atoms with Crippen molar-refractivity contribution in [3.63, 3.8) is 0 Å². The van der Waals surface area contributed by atoms with E-state index in [1.165, 1.54) is 6.20 Å². The van der Waals surface area contributed by atoms with Gasteiger partial charge in [0.15, 0.2) is 9.84 Å². The monoisotopic (exact) mass is 382 g/mol. The predicted molar refractivity (Wildman–Crippen MR) is 104 cm³/mol. The molecule has 1 aliphatic rings. The summed E-state index contributed by atoms with van der Waals surface area (Å²) >= 11 is 0. The zero-order valence-electron chi connectivity index (χ0n) is 14.4. The lowest BCUT2D eigenvalue weighted by Gasteiger charge is -2.11. The van der Waals surface area contributed by atoms with E-state index in [2.05, 4.69) is 20.6 Å². The van der Waals surface area contributed by atoms with E-state index < -0.39 is 9.84 Å². The Balaban J connectivity index is 1.46. The van der Waals surface area contributed by atoms with Crippen LogP contribution in [-0.2, 0) is 9.84 Å². The number of sulfone groups is 1. The van der Waals surface area contributed by atoms with Crippen molar-refractivity contribution in [1.82, 2.24) is 15.3 Å². The van der Waals surface area contributed by atoms with Crippen molar-refractivity contribution in [3.8, 4) is 0 Å². The van der Waals surface area contributed by atoms with Crippen LogP contribution in [0.2, 0.25) is 0 Å². The number of carbonyl (C=O) groups is 1. The van der Waals surface area contributed by atoms with Crippen molar-refractivity contribution in [2.45, 2.75) is 12.5 Å². The van der Waals surface area contributed by atoms with Gasteiger partial charge in [-0.1, -0.05) is 18.2 Å². The van der Waals surface area contributed by atoms with Gasteiger partial charge in [-0.2, -0.15) is 0 Å². The fourth-order valence-corrected chi connectivity index (χ4v) is 4.80. The van der Waals surface area contributed by atoms with E-state index in [0.29, 0.717) is 17.8 Å². The molecule has 2 N–H and O–H groups in total. The fraction of sp³-hybridized carbons (Fsp3) is 0.211. The van der Waals surface area contributed by atoms with Gasteiger partial charge in [0.05, 0.1) is 28.3 Å². The zero-order chi connectivity index (χ0) is 18.9. The Morgan fingerprint density at radius 3 is 2.67 bits per heavy atom. The van der Waals surface area contributed by atoms with Crippen LogP contribution in [0.3, 0.4) is 0 Å². The van der Waals surface area contributed by atoms with Crippen LogP contribution in [0.15, 0.2) is 54.9 Å². The number of benzene rings is 1. The summed E-state index contributed by atoms with van der Waals surface area (Å²) in [6.45, 7) is 0. The van der Waals surface area contributed by atoms with Gasteiger partial charge < -0.3 is 10.6 Å². The quantitative estimate of drug-likeness (QED) is 0.718. The third-order valence-electron chi connectivity index (χ3n) is 4.49. The summed E-state index contributed by atoms with van der Waals surface area (Å²) < 4.78 is 23.0. The number of anilines is 2. The number of pyridine rings is 2. The van der Waals surface area contributed by atoms with Gasteiger partial charge in [0, 0.05) is 23.8 Å². The summed E-state index contributed by atoms with van der Waals surface area (Å²) in [7, 11) is -3.03. The normalized spacial score (nSPS) is 18.3. The maximum absolute atomic E-state index is 12.3. The predicted octanol–water partition coefficient (Wildman–Crippen LogP) is 2.29. The Morgan fingerprint density at radius 2 is 1.93 bits per heavy atom. The first-order chi connectivity index (χ1) is 13.0. The number of amides is 1. The van der Waals surface area contributed by atoms with E-state index in [9.17, 15) is 13.2 Å². The molecule has 2 aromatic heterocycles. The molecule has 0 spiro atoms. The molecular formula is C19H18N4O3S. The minimum atomic E-state index is -3.03. The van der Waals surface area contributed by atoms with Crippen molar-refractivity contribution < 1.29 is 13.2 Å². The molecule has 1 unspecified atom stereocenters. The molecule has 3 aromatic rings. The molecule has 1 aliphatic heterocycles. The van der Waals surface area contributed by atoms with E-state index in [4.69, 9.17) is 0 Å². The van der Waals surface area contributed by atoms with Gasteiger partial charge in [-0.25, -0.2) is 13.4 Å². The summed E-state index contributed by atoms with van der Waals surface area (Å²) in [5, 5.41) is 6.99. The lowest BCUT2D eigenvalue weighted by Crippen LogP contribution is -2.35. The average Bonchev–Trinajstić information content (AvgIpc) is 3.01. The Morgan fingerprint density at radius 1 is 1.07 bits per heavy atom. The summed E-state index contributed by atoms with van der Waals surface area (Å²) in [4.78, 5) is 21.0. The Hall–Kier alpha value is -3.00. The molecule has 3 heterocycles. The van der Waals surface area contributed by atoms with Crippen LogP contribution < -0.4 is 10.6 Å². The second-order valence-corrected chi connectivity index (χ2v) is 8.74. The SMILES string of the molecule is O=C(NC1CCS(=O)(=O)C1)c1ccc(Nc2cccc3cccnc23)nc1. The van der Waals surface area contributed by atoms with Gasteiger partial charge >= 0.3 is 0 Å². The van der Waals surface area contributed by atoms with Crippen molar-refractivity contribution >= 4 is 38.2 Å². The van der Waals surface area contributed by atoms with Gasteiger partial charge in [0.25, 0.3) is 5.91 Å². The molecule has 138 valence electrons. The third kappa shape index (κ3) is 3.90. The van der Waals surface area contributed by atoms with Crippen LogP contribution in [0, 0.1) is 0 Å². The van der Waals surface area contributed by atoms with Gasteiger partial charge in [0.2, 0.25) is 0 Å². The minimum absolute atomic E-state index is 0.000110. The number of carbonyl (C=O) groups excluding carboxylic acids is 1. The molecule has 27 heavy (non-hydrogen) atoms. The highest BCUT2D eigenvalue weighted by Gasteiger charge is 2.29. The average molecular weight is 382 g/mol. The Bertz CT molecular complexity index is 1090. The maximum Gasteiger partial charge on any atom is 0.253 e. The molecule has 0 aliphatic carbocycles. The summed E-state index contributed by atoms with van der Waals surface area (Å²) in [5.41, 5.74) is 2.06. The largest absolute Gasteiger partial charge is 0.348 e. The maximum atomic E-state index is 12.3. The van der Waals surface area contributed by atoms with E-state index in [-0.39, 0.29) is 23.5 Å². The lowest BCUT2D eigenvalue weighted by molar-refractivity contribution is 0.0941. The number of nitrogens with zero attached hydrogens (tertiary/aromatic N) is 2. The highest BCUT2D eigenvalue weighted by atomic mass is 32.2. The number of fused-ring (bicyclic) bond motifs is 1. The van der Waals surface area contributed by atoms with E-state index in [0.717, 1.165) is 16.6 Å². The fourth-order valence-electron chi connectivity index (χ4n) is 3.12. The summed E-state index contributed by atoms with van der Waals surface area (Å²) in [6, 6.07) is 12.7. The van der Waals surface area contributed by atoms with Crippen LogP contribution in [0.5, 0.6) is 0 Å². The van der Waals surface area contributed by atoms with E-state index in [1.807, 2.05) is 30.3 Å². The zero-order valence-corrected chi connectivity index (χ0v) is 15.2. The van der Waals surface area contributed by atoms with Crippen LogP contribution in [-0.4, -0.2) is 41.8 Å². The van der Waals surface area contributed by atoms with Crippen LogP contribution in [0.1, 0.15) is 16.8 Å². The number of rotatable bonds is 4. The van der Waals surface area contributed by atoms with Crippen molar-refractivity contribution in [2.24, 2.45) is 0 Å². The number of aromatic nitrogens is 2. The second kappa shape index (κ2) is 6.96. The van der Waals surface area contributed by atoms with Crippen molar-refractivity contribution in [1.29, 1.82) is 0 Å². The highest BCUT2D eigenvalue weighted by Crippen LogP contribution is 2.23. The molecule has 1 aromatic carbocycles. The van der Waals surface area contributed by atoms with Crippen LogP contribution >= 0.6 is 0 Å². The molecule has 1 amide bonds. The van der Waals surface area contributed by atoms with Gasteiger partial charge in [-0.05, 0) is 30.7 Å². The molecule has 1 saturated heterocycles. The molecule has 0 saturated carbocycles. The number of para-hydroxylation sites is 1. The first-order valence-electron chi connectivity index (χ1n) is 8.58. The topological polar surface area (TPSA) is 101 Å². The Labute approximate surface area is 156 Å². The second-order valence-electron chi connectivity index (χ2n) is 6.51. The molecule has 4 rings (SSSR count). The Kier molecular flexibility index (Phi) is 4.49. The van der Waals surface area contributed by atoms with E-state index in [1.54, 1.807) is 18.3 Å². The molecule has 7 nitrogen and oxygen atoms in total. The standard InChI is InChI=1S/C19H18N4O3S/c24-19(22-15-8-10-27(25,26)12-15)14-6-7-17(21-11-14)23-16-5-1-3-13-4-2-9-20-18(13)16/h1-7,9,11,15H,8,10,12H2,(H,21,23)(H,22,24). The molecule has 8 heteroatoms. The van der Waals surface area contributed by atoms with Gasteiger partial charge in [-0.3, -0.25) is 9.78 Å². The number of hydrogen-bond acceptors (Lipinski definition) is 6. The van der Waals surface area contributed by atoms with Crippen molar-refractivity contribution in [3.05, 3.63) is 60.4 Å². The molecule has 0 bridgehead atoms. The molecule has 1 atom stereocenters. The van der Waals surface area contributed by atoms with Crippen LogP contribution in [0.4, 0.5) is 11.5 Å². The first kappa shape index (κ1) is 17.4. The molecule has 1 fully saturated rings. The van der Waals surface area contributed by atoms with E-state index >= 15 is 0 Å². The summed E-state index contributed by atoms with van der Waals surface area (Å²) in [6.07, 6.45) is 3.66. The van der Waals surface area contributed by atoms with Crippen molar-refractivity contribution in [2.75, 3.05) is 16.8 Å². The summed E-state index contributed by atoms with van der Waals surface area (Å²) in [5.74, 6) is 0.397. The third-order valence-corrected chi connectivity index (χ3v) is 6.26. The number of nitrogens with one attached hydrogen (secondary N) is 2. The first-order valence-corrected chi connectivity index (χ1v) is 10.4. The smallest absolute Gasteiger partial charge is 0.253 e. The molecular weight excluding hydrogens is 364 g/mol. The van der Waals surface area contributed by atoms with Crippen LogP contribution in [0.25, 0.3) is 10.9 Å². The van der Waals surface area contributed by atoms with Gasteiger partial charge in [0.1, 0.15) is 5.82 Å². The lowest BCUT2D eigenvalue weighted by atomic mass is 10.2. The minimum Gasteiger partial charge on any atom is -0.348 e. The highest BCUT2D eigenvalue weighted by molar-refractivity contribution is 7.91. The number of hydrogen-bond donors (Lipinski definition) is 2. The molecule has 0 radical (unpaired) electrons. The van der Waals surface area contributed by atoms with Gasteiger partial charge in [-0.15, -0.1) is 0 Å².